The number of morpholine rings is 2. The van der Waals surface area contributed by atoms with Gasteiger partial charge >= 0.3 is 6.18 Å². The SMILES string of the molecule is C=NN(C(=C)c1cccc(C(F)(F)F)c1S(=O)(=O)C(O)N1CCOC2CC21)c1ccc(CN2CCOCC2)cc1. The second kappa shape index (κ2) is 11.2. The molecule has 0 aromatic heterocycles. The van der Waals surface area contributed by atoms with Gasteiger partial charge in [-0.15, -0.1) is 0 Å². The first-order chi connectivity index (χ1) is 19.0. The zero-order chi connectivity index (χ0) is 28.7. The van der Waals surface area contributed by atoms with Crippen LogP contribution in [-0.2, 0) is 32.0 Å². The molecular formula is C27H31F3N4O5S. The summed E-state index contributed by atoms with van der Waals surface area (Å²) in [6, 6.07) is 9.78. The topological polar surface area (TPSA) is 94.9 Å². The smallest absolute Gasteiger partial charge is 0.379 e. The summed E-state index contributed by atoms with van der Waals surface area (Å²) in [5.74, 6) is 0. The molecule has 1 N–H and O–H groups in total. The predicted octanol–water partition coefficient (Wildman–Crippen LogP) is 3.15. The molecule has 5 rings (SSSR count). The van der Waals surface area contributed by atoms with Crippen LogP contribution in [-0.4, -0.2) is 87.2 Å². The number of hydrogen-bond acceptors (Lipinski definition) is 9. The zero-order valence-corrected chi connectivity index (χ0v) is 22.6. The van der Waals surface area contributed by atoms with E-state index in [9.17, 15) is 26.7 Å². The van der Waals surface area contributed by atoms with Crippen molar-refractivity contribution >= 4 is 27.9 Å². The molecule has 2 aliphatic heterocycles. The Hall–Kier alpha value is -2.81. The van der Waals surface area contributed by atoms with Gasteiger partial charge in [0, 0.05) is 44.5 Å². The molecule has 9 nitrogen and oxygen atoms in total. The van der Waals surface area contributed by atoms with Crippen molar-refractivity contribution in [1.29, 1.82) is 0 Å². The Morgan fingerprint density at radius 3 is 2.48 bits per heavy atom. The largest absolute Gasteiger partial charge is 0.417 e. The maximum absolute atomic E-state index is 14.2. The van der Waals surface area contributed by atoms with Crippen molar-refractivity contribution in [3.05, 3.63) is 65.7 Å². The van der Waals surface area contributed by atoms with Crippen LogP contribution in [0.1, 0.15) is 23.1 Å². The van der Waals surface area contributed by atoms with E-state index in [-0.39, 0.29) is 36.6 Å². The number of aliphatic hydroxyl groups excluding tert-OH is 1. The molecule has 2 heterocycles. The van der Waals surface area contributed by atoms with E-state index in [2.05, 4.69) is 23.3 Å². The Bertz CT molecular complexity index is 1360. The van der Waals surface area contributed by atoms with Gasteiger partial charge in [0.25, 0.3) is 0 Å². The Balaban J connectivity index is 1.48. The summed E-state index contributed by atoms with van der Waals surface area (Å²) in [4.78, 5) is 2.46. The monoisotopic (exact) mass is 580 g/mol. The van der Waals surface area contributed by atoms with Crippen molar-refractivity contribution in [2.75, 3.05) is 44.5 Å². The number of rotatable bonds is 9. The van der Waals surface area contributed by atoms with Gasteiger partial charge in [-0.05, 0) is 30.2 Å². The van der Waals surface area contributed by atoms with Gasteiger partial charge in [-0.25, -0.2) is 13.4 Å². The quantitative estimate of drug-likeness (QED) is 0.357. The van der Waals surface area contributed by atoms with Crippen LogP contribution in [0.2, 0.25) is 0 Å². The van der Waals surface area contributed by atoms with Gasteiger partial charge in [-0.2, -0.15) is 18.3 Å². The van der Waals surface area contributed by atoms with Crippen LogP contribution < -0.4 is 5.01 Å². The summed E-state index contributed by atoms with van der Waals surface area (Å²) < 4.78 is 80.8. The molecule has 3 atom stereocenters. The molecule has 40 heavy (non-hydrogen) atoms. The van der Waals surface area contributed by atoms with E-state index in [1.807, 2.05) is 12.1 Å². The van der Waals surface area contributed by atoms with Crippen LogP contribution in [0.3, 0.4) is 0 Å². The molecule has 13 heteroatoms. The first-order valence-corrected chi connectivity index (χ1v) is 14.4. The van der Waals surface area contributed by atoms with E-state index in [0.29, 0.717) is 37.9 Å². The van der Waals surface area contributed by atoms with E-state index < -0.39 is 32.0 Å². The minimum Gasteiger partial charge on any atom is -0.379 e. The number of fused-ring (bicyclic) bond motifs is 1. The van der Waals surface area contributed by atoms with Gasteiger partial charge in [-0.3, -0.25) is 9.80 Å². The van der Waals surface area contributed by atoms with E-state index in [0.717, 1.165) is 24.7 Å². The normalized spacial score (nSPS) is 22.8. The van der Waals surface area contributed by atoms with Crippen LogP contribution in [0.15, 0.2) is 59.0 Å². The second-order valence-electron chi connectivity index (χ2n) is 9.96. The van der Waals surface area contributed by atoms with Crippen molar-refractivity contribution in [3.63, 3.8) is 0 Å². The van der Waals surface area contributed by atoms with E-state index >= 15 is 0 Å². The third-order valence-electron chi connectivity index (χ3n) is 7.37. The maximum Gasteiger partial charge on any atom is 0.417 e. The minimum atomic E-state index is -5.01. The molecule has 2 aromatic rings. The van der Waals surface area contributed by atoms with Gasteiger partial charge in [-0.1, -0.05) is 30.8 Å². The highest BCUT2D eigenvalue weighted by Gasteiger charge is 2.52. The van der Waals surface area contributed by atoms with Gasteiger partial charge in [0.1, 0.15) is 0 Å². The van der Waals surface area contributed by atoms with E-state index in [4.69, 9.17) is 9.47 Å². The number of hydrogen-bond donors (Lipinski definition) is 1. The fraction of sp³-hybridized carbons (Fsp3) is 0.444. The highest BCUT2D eigenvalue weighted by molar-refractivity contribution is 7.92. The zero-order valence-electron chi connectivity index (χ0n) is 21.8. The lowest BCUT2D eigenvalue weighted by Gasteiger charge is -2.32. The number of nitrogens with zero attached hydrogens (tertiary/aromatic N) is 4. The minimum absolute atomic E-state index is 0.0726. The molecule has 216 valence electrons. The molecule has 0 bridgehead atoms. The standard InChI is InChI=1S/C27H31F3N4O5S/c1-18(34(31-2)20-8-6-19(7-9-20)17-32-10-13-38-14-11-32)21-4-3-5-22(27(28,29)30)25(21)40(36,37)26(35)33-12-15-39-24-16-23(24)33/h3-9,23-24,26,35H,1-2,10-17H2. The van der Waals surface area contributed by atoms with Gasteiger partial charge in [0.15, 0.2) is 0 Å². The number of alkyl halides is 3. The first kappa shape index (κ1) is 28.7. The maximum atomic E-state index is 14.2. The number of hydrazone groups is 1. The Labute approximate surface area is 231 Å². The van der Waals surface area contributed by atoms with Gasteiger partial charge in [0.05, 0.1) is 47.8 Å². The molecule has 1 saturated carbocycles. The predicted molar refractivity (Wildman–Crippen MR) is 143 cm³/mol. The summed E-state index contributed by atoms with van der Waals surface area (Å²) in [7, 11) is -4.94. The lowest BCUT2D eigenvalue weighted by atomic mass is 10.1. The Morgan fingerprint density at radius 2 is 1.82 bits per heavy atom. The molecule has 3 fully saturated rings. The highest BCUT2D eigenvalue weighted by atomic mass is 32.2. The van der Waals surface area contributed by atoms with Crippen LogP contribution in [0.5, 0.6) is 0 Å². The Kier molecular flexibility index (Phi) is 8.06. The third kappa shape index (κ3) is 5.67. The van der Waals surface area contributed by atoms with Crippen LogP contribution in [0.25, 0.3) is 5.70 Å². The number of anilines is 1. The average molecular weight is 581 g/mol. The molecule has 0 radical (unpaired) electrons. The van der Waals surface area contributed by atoms with Crippen molar-refractivity contribution in [3.8, 4) is 0 Å². The van der Waals surface area contributed by atoms with Gasteiger partial charge < -0.3 is 14.6 Å². The van der Waals surface area contributed by atoms with Crippen LogP contribution >= 0.6 is 0 Å². The summed E-state index contributed by atoms with van der Waals surface area (Å²) in [6.45, 7) is 11.3. The molecule has 3 unspecified atom stereocenters. The van der Waals surface area contributed by atoms with E-state index in [1.54, 1.807) is 12.1 Å². The van der Waals surface area contributed by atoms with Crippen molar-refractivity contribution in [2.45, 2.75) is 41.7 Å². The second-order valence-corrected chi connectivity index (χ2v) is 11.9. The lowest BCUT2D eigenvalue weighted by Crippen LogP contribution is -2.48. The molecule has 0 spiro atoms. The molecule has 3 aliphatic rings. The molecule has 1 aliphatic carbocycles. The summed E-state index contributed by atoms with van der Waals surface area (Å²) in [5.41, 5.74) is -2.62. The summed E-state index contributed by atoms with van der Waals surface area (Å²) in [5, 5.41) is 16.1. The molecule has 2 aromatic carbocycles. The first-order valence-electron chi connectivity index (χ1n) is 12.9. The summed E-state index contributed by atoms with van der Waals surface area (Å²) >= 11 is 0. The fourth-order valence-electron chi connectivity index (χ4n) is 5.21. The average Bonchev–Trinajstić information content (AvgIpc) is 3.74. The molecule has 2 saturated heterocycles. The highest BCUT2D eigenvalue weighted by Crippen LogP contribution is 2.43. The van der Waals surface area contributed by atoms with Crippen molar-refractivity contribution in [2.24, 2.45) is 5.10 Å². The number of benzene rings is 2. The number of sulfone groups is 1. The van der Waals surface area contributed by atoms with Crippen LogP contribution in [0.4, 0.5) is 18.9 Å². The Morgan fingerprint density at radius 1 is 1.12 bits per heavy atom. The fourth-order valence-corrected chi connectivity index (χ4v) is 7.02. The molecule has 0 amide bonds. The van der Waals surface area contributed by atoms with Crippen molar-refractivity contribution < 1.29 is 36.2 Å². The van der Waals surface area contributed by atoms with Crippen molar-refractivity contribution in [1.82, 2.24) is 9.80 Å². The third-order valence-corrected chi connectivity index (χ3v) is 9.21. The summed E-state index contributed by atoms with van der Waals surface area (Å²) in [6.07, 6.45) is -4.75. The van der Waals surface area contributed by atoms with Crippen LogP contribution in [0, 0.1) is 0 Å². The van der Waals surface area contributed by atoms with Gasteiger partial charge in [0.2, 0.25) is 15.4 Å². The number of halogens is 3. The number of aliphatic hydroxyl groups is 1. The lowest BCUT2D eigenvalue weighted by molar-refractivity contribution is -0.140. The van der Waals surface area contributed by atoms with E-state index in [1.165, 1.54) is 16.0 Å². The molecular weight excluding hydrogens is 549 g/mol. The number of ether oxygens (including phenoxy) is 2.